The minimum atomic E-state index is -0.0528. The van der Waals surface area contributed by atoms with E-state index in [4.69, 9.17) is 16.3 Å². The van der Waals surface area contributed by atoms with Gasteiger partial charge in [0, 0.05) is 11.1 Å². The molecule has 0 aliphatic heterocycles. The van der Waals surface area contributed by atoms with Crippen molar-refractivity contribution in [2.24, 2.45) is 0 Å². The van der Waals surface area contributed by atoms with Gasteiger partial charge in [0.1, 0.15) is 5.75 Å². The molecule has 1 aromatic carbocycles. The molecule has 1 aliphatic carbocycles. The second kappa shape index (κ2) is 5.83. The minimum absolute atomic E-state index is 0.0528. The van der Waals surface area contributed by atoms with Gasteiger partial charge < -0.3 is 10.1 Å². The summed E-state index contributed by atoms with van der Waals surface area (Å²) < 4.78 is 5.60. The van der Waals surface area contributed by atoms with Crippen molar-refractivity contribution < 1.29 is 9.53 Å². The smallest absolute Gasteiger partial charge is 0.258 e. The lowest BCUT2D eigenvalue weighted by Gasteiger charge is -2.14. The monoisotopic (exact) mass is 281 g/mol. The van der Waals surface area contributed by atoms with Gasteiger partial charge >= 0.3 is 0 Å². The van der Waals surface area contributed by atoms with Gasteiger partial charge in [0.05, 0.1) is 0 Å². The van der Waals surface area contributed by atoms with E-state index in [-0.39, 0.29) is 12.5 Å². The molecule has 0 aromatic heterocycles. The van der Waals surface area contributed by atoms with Crippen LogP contribution in [0.1, 0.15) is 43.7 Å². The number of carbonyl (C=O) groups excluding carboxylic acids is 1. The van der Waals surface area contributed by atoms with Crippen LogP contribution in [-0.2, 0) is 4.79 Å². The molecule has 3 nitrogen and oxygen atoms in total. The predicted molar refractivity (Wildman–Crippen MR) is 76.9 cm³/mol. The Hall–Kier alpha value is -1.22. The van der Waals surface area contributed by atoms with Gasteiger partial charge in [-0.15, -0.1) is 0 Å². The zero-order valence-electron chi connectivity index (χ0n) is 11.6. The molecule has 4 heteroatoms. The number of benzene rings is 1. The third kappa shape index (κ3) is 3.87. The summed E-state index contributed by atoms with van der Waals surface area (Å²) >= 11 is 6.20. The van der Waals surface area contributed by atoms with Crippen molar-refractivity contribution in [1.82, 2.24) is 5.32 Å². The van der Waals surface area contributed by atoms with Gasteiger partial charge in [0.2, 0.25) is 0 Å². The van der Waals surface area contributed by atoms with Crippen molar-refractivity contribution in [3.8, 4) is 5.75 Å². The largest absolute Gasteiger partial charge is 0.483 e. The van der Waals surface area contributed by atoms with E-state index >= 15 is 0 Å². The van der Waals surface area contributed by atoms with Crippen LogP contribution in [-0.4, -0.2) is 18.6 Å². The van der Waals surface area contributed by atoms with Gasteiger partial charge in [0.15, 0.2) is 6.61 Å². The van der Waals surface area contributed by atoms with Crippen LogP contribution in [0.25, 0.3) is 0 Å². The Morgan fingerprint density at radius 3 is 2.74 bits per heavy atom. The summed E-state index contributed by atoms with van der Waals surface area (Å²) in [6.45, 7) is 6.17. The van der Waals surface area contributed by atoms with Crippen molar-refractivity contribution in [1.29, 1.82) is 0 Å². The summed E-state index contributed by atoms with van der Waals surface area (Å²) in [7, 11) is 0. The molecule has 0 bridgehead atoms. The number of halogens is 1. The molecule has 0 radical (unpaired) electrons. The maximum Gasteiger partial charge on any atom is 0.258 e. The predicted octanol–water partition coefficient (Wildman–Crippen LogP) is 3.43. The minimum Gasteiger partial charge on any atom is -0.483 e. The van der Waals surface area contributed by atoms with Gasteiger partial charge in [0.25, 0.3) is 5.91 Å². The molecule has 0 spiro atoms. The van der Waals surface area contributed by atoms with E-state index in [1.54, 1.807) is 0 Å². The first-order valence-corrected chi connectivity index (χ1v) is 7.07. The highest BCUT2D eigenvalue weighted by atomic mass is 35.5. The van der Waals surface area contributed by atoms with Gasteiger partial charge in [-0.1, -0.05) is 25.4 Å². The molecule has 1 aromatic rings. The summed E-state index contributed by atoms with van der Waals surface area (Å²) in [5, 5.41) is 3.65. The molecule has 1 fully saturated rings. The Kier molecular flexibility index (Phi) is 4.35. The van der Waals surface area contributed by atoms with Crippen molar-refractivity contribution in [3.63, 3.8) is 0 Å². The Balaban J connectivity index is 2.02. The summed E-state index contributed by atoms with van der Waals surface area (Å²) in [5.41, 5.74) is 2.00. The van der Waals surface area contributed by atoms with E-state index in [1.165, 1.54) is 0 Å². The maximum atomic E-state index is 11.6. The topological polar surface area (TPSA) is 38.3 Å². The normalized spacial score (nSPS) is 14.6. The quantitative estimate of drug-likeness (QED) is 0.898. The number of amides is 1. The molecule has 104 valence electrons. The first-order chi connectivity index (χ1) is 8.97. The molecule has 19 heavy (non-hydrogen) atoms. The number of hydrogen-bond acceptors (Lipinski definition) is 2. The Morgan fingerprint density at radius 1 is 1.47 bits per heavy atom. The van der Waals surface area contributed by atoms with Crippen LogP contribution in [0.15, 0.2) is 12.1 Å². The Bertz CT molecular complexity index is 481. The number of aryl methyl sites for hydroxylation is 1. The molecular formula is C15H20ClNO2. The molecule has 0 heterocycles. The van der Waals surface area contributed by atoms with Crippen molar-refractivity contribution in [3.05, 3.63) is 28.3 Å². The van der Waals surface area contributed by atoms with E-state index in [0.29, 0.717) is 12.0 Å². The van der Waals surface area contributed by atoms with Crippen LogP contribution in [0.3, 0.4) is 0 Å². The van der Waals surface area contributed by atoms with Gasteiger partial charge in [-0.3, -0.25) is 4.79 Å². The number of ether oxygens (including phenoxy) is 1. The molecule has 1 aliphatic rings. The molecule has 0 saturated heterocycles. The average molecular weight is 282 g/mol. The standard InChI is InChI=1S/C15H20ClNO2/c1-9(2)12-7-14(10(3)6-13(12)16)19-8-15(18)17-11-4-5-11/h6-7,9,11H,4-5,8H2,1-3H3,(H,17,18). The highest BCUT2D eigenvalue weighted by molar-refractivity contribution is 6.31. The fraction of sp³-hybridized carbons (Fsp3) is 0.533. The Labute approximate surface area is 119 Å². The first-order valence-electron chi connectivity index (χ1n) is 6.69. The van der Waals surface area contributed by atoms with E-state index in [1.807, 2.05) is 19.1 Å². The zero-order chi connectivity index (χ0) is 14.0. The van der Waals surface area contributed by atoms with Gasteiger partial charge in [-0.05, 0) is 48.9 Å². The third-order valence-electron chi connectivity index (χ3n) is 3.22. The Morgan fingerprint density at radius 2 is 2.16 bits per heavy atom. The van der Waals surface area contributed by atoms with E-state index in [9.17, 15) is 4.79 Å². The summed E-state index contributed by atoms with van der Waals surface area (Å²) in [4.78, 5) is 11.6. The van der Waals surface area contributed by atoms with E-state index in [2.05, 4.69) is 19.2 Å². The number of carbonyl (C=O) groups is 1. The van der Waals surface area contributed by atoms with Crippen LogP contribution < -0.4 is 10.1 Å². The highest BCUT2D eigenvalue weighted by Crippen LogP contribution is 2.31. The molecule has 0 unspecified atom stereocenters. The van der Waals surface area contributed by atoms with Crippen LogP contribution in [0.5, 0.6) is 5.75 Å². The number of rotatable bonds is 5. The van der Waals surface area contributed by atoms with Crippen molar-refractivity contribution in [2.45, 2.75) is 45.6 Å². The van der Waals surface area contributed by atoms with E-state index in [0.717, 1.165) is 34.7 Å². The van der Waals surface area contributed by atoms with Crippen LogP contribution in [0.4, 0.5) is 0 Å². The molecule has 1 amide bonds. The average Bonchev–Trinajstić information content (AvgIpc) is 3.11. The SMILES string of the molecule is Cc1cc(Cl)c(C(C)C)cc1OCC(=O)NC1CC1. The highest BCUT2D eigenvalue weighted by Gasteiger charge is 2.23. The van der Waals surface area contributed by atoms with Crippen LogP contribution >= 0.6 is 11.6 Å². The molecular weight excluding hydrogens is 262 g/mol. The van der Waals surface area contributed by atoms with Crippen molar-refractivity contribution in [2.75, 3.05) is 6.61 Å². The van der Waals surface area contributed by atoms with Gasteiger partial charge in [-0.25, -0.2) is 0 Å². The van der Waals surface area contributed by atoms with Crippen molar-refractivity contribution >= 4 is 17.5 Å². The summed E-state index contributed by atoms with van der Waals surface area (Å²) in [6, 6.07) is 4.20. The third-order valence-corrected chi connectivity index (χ3v) is 3.54. The van der Waals surface area contributed by atoms with E-state index < -0.39 is 0 Å². The van der Waals surface area contributed by atoms with Gasteiger partial charge in [-0.2, -0.15) is 0 Å². The molecule has 0 atom stereocenters. The second-order valence-corrected chi connectivity index (χ2v) is 5.83. The number of hydrogen-bond donors (Lipinski definition) is 1. The fourth-order valence-corrected chi connectivity index (χ4v) is 2.34. The van der Waals surface area contributed by atoms with Crippen LogP contribution in [0, 0.1) is 6.92 Å². The summed E-state index contributed by atoms with van der Waals surface area (Å²) in [6.07, 6.45) is 2.17. The zero-order valence-corrected chi connectivity index (χ0v) is 12.4. The lowest BCUT2D eigenvalue weighted by atomic mass is 10.0. The molecule has 1 saturated carbocycles. The molecule has 1 N–H and O–H groups in total. The first kappa shape index (κ1) is 14.2. The lowest BCUT2D eigenvalue weighted by Crippen LogP contribution is -2.30. The fourth-order valence-electron chi connectivity index (χ4n) is 1.91. The molecule has 2 rings (SSSR count). The summed E-state index contributed by atoms with van der Waals surface area (Å²) in [5.74, 6) is 1.01. The maximum absolute atomic E-state index is 11.6. The van der Waals surface area contributed by atoms with Crippen LogP contribution in [0.2, 0.25) is 5.02 Å². The second-order valence-electron chi connectivity index (χ2n) is 5.42. The lowest BCUT2D eigenvalue weighted by molar-refractivity contribution is -0.123. The number of nitrogens with one attached hydrogen (secondary N) is 1.